The van der Waals surface area contributed by atoms with Crippen molar-refractivity contribution in [3.8, 4) is 0 Å². The van der Waals surface area contributed by atoms with Crippen molar-refractivity contribution in [2.24, 2.45) is 0 Å². The third kappa shape index (κ3) is 4.86. The topological polar surface area (TPSA) is 17.1 Å². The van der Waals surface area contributed by atoms with Crippen LogP contribution in [0.2, 0.25) is 0 Å². The molecule has 0 heterocycles. The minimum atomic E-state index is 0.235. The summed E-state index contributed by atoms with van der Waals surface area (Å²) in [6.45, 7) is 5.70. The molecule has 0 radical (unpaired) electrons. The molecule has 0 atom stereocenters. The monoisotopic (exact) mass is 294 g/mol. The maximum Gasteiger partial charge on any atom is 0.164 e. The molecule has 0 bridgehead atoms. The number of Topliss-reactive ketones (excluding diaryl/α,β-unsaturated/α-hetero) is 1. The number of halogens is 1. The van der Waals surface area contributed by atoms with Gasteiger partial charge in [0.05, 0.1) is 0 Å². The van der Waals surface area contributed by atoms with E-state index in [4.69, 9.17) is 0 Å². The zero-order chi connectivity index (χ0) is 12.7. The Balaban J connectivity index is 2.46. The van der Waals surface area contributed by atoms with E-state index in [2.05, 4.69) is 22.5 Å². The van der Waals surface area contributed by atoms with E-state index in [0.717, 1.165) is 41.3 Å². The van der Waals surface area contributed by atoms with E-state index in [9.17, 15) is 4.79 Å². The Morgan fingerprint density at radius 3 is 2.82 bits per heavy atom. The van der Waals surface area contributed by atoms with E-state index in [1.54, 1.807) is 0 Å². The van der Waals surface area contributed by atoms with Gasteiger partial charge in [-0.25, -0.2) is 0 Å². The first-order valence-electron chi connectivity index (χ1n) is 6.05. The normalized spacial score (nSPS) is 10.2. The van der Waals surface area contributed by atoms with Gasteiger partial charge < -0.3 is 0 Å². The molecule has 2 heteroatoms. The molecule has 92 valence electrons. The highest BCUT2D eigenvalue weighted by atomic mass is 79.9. The van der Waals surface area contributed by atoms with E-state index in [1.165, 1.54) is 0 Å². The second-order valence-electron chi connectivity index (χ2n) is 4.29. The number of hydrogen-bond donors (Lipinski definition) is 0. The lowest BCUT2D eigenvalue weighted by molar-refractivity contribution is 0.0978. The molecule has 0 aliphatic heterocycles. The van der Waals surface area contributed by atoms with Gasteiger partial charge in [-0.15, -0.1) is 6.58 Å². The zero-order valence-corrected chi connectivity index (χ0v) is 11.9. The van der Waals surface area contributed by atoms with Crippen LogP contribution in [0.25, 0.3) is 0 Å². The Bertz CT molecular complexity index is 396. The van der Waals surface area contributed by atoms with Crippen molar-refractivity contribution in [1.29, 1.82) is 0 Å². The number of ketones is 1. The van der Waals surface area contributed by atoms with Gasteiger partial charge in [0.15, 0.2) is 5.78 Å². The molecule has 0 amide bonds. The van der Waals surface area contributed by atoms with Crippen LogP contribution in [0.1, 0.15) is 48.0 Å². The van der Waals surface area contributed by atoms with E-state index in [-0.39, 0.29) is 5.78 Å². The van der Waals surface area contributed by atoms with Crippen LogP contribution < -0.4 is 0 Å². The molecule has 0 saturated heterocycles. The van der Waals surface area contributed by atoms with Crippen LogP contribution in [0.5, 0.6) is 0 Å². The molecule has 0 spiro atoms. The molecule has 1 rings (SSSR count). The van der Waals surface area contributed by atoms with Crippen LogP contribution in [-0.2, 0) is 0 Å². The van der Waals surface area contributed by atoms with Crippen LogP contribution in [0.15, 0.2) is 35.3 Å². The fraction of sp³-hybridized carbons (Fsp3) is 0.400. The molecule has 17 heavy (non-hydrogen) atoms. The van der Waals surface area contributed by atoms with Crippen LogP contribution in [0, 0.1) is 6.92 Å². The maximum atomic E-state index is 12.0. The average Bonchev–Trinajstić information content (AvgIpc) is 2.32. The summed E-state index contributed by atoms with van der Waals surface area (Å²) in [4.78, 5) is 12.0. The summed E-state index contributed by atoms with van der Waals surface area (Å²) in [5.41, 5.74) is 1.94. The number of unbranched alkanes of at least 4 members (excludes halogenated alkanes) is 3. The van der Waals surface area contributed by atoms with Crippen LogP contribution >= 0.6 is 15.9 Å². The summed E-state index contributed by atoms with van der Waals surface area (Å²) in [6, 6.07) is 5.90. The molecule has 0 unspecified atom stereocenters. The standard InChI is InChI=1S/C15H19BrO/c1-3-4-5-6-7-8-15(17)13-11-12(2)9-10-14(13)16/h3,9-11H,1,4-8H2,2H3. The van der Waals surface area contributed by atoms with Crippen molar-refractivity contribution < 1.29 is 4.79 Å². The van der Waals surface area contributed by atoms with Gasteiger partial charge in [-0.2, -0.15) is 0 Å². The number of aryl methyl sites for hydroxylation is 1. The number of hydrogen-bond acceptors (Lipinski definition) is 1. The van der Waals surface area contributed by atoms with E-state index >= 15 is 0 Å². The molecule has 0 saturated carbocycles. The van der Waals surface area contributed by atoms with Crippen molar-refractivity contribution in [2.45, 2.75) is 39.0 Å². The lowest BCUT2D eigenvalue weighted by atomic mass is 10.0. The number of rotatable bonds is 7. The van der Waals surface area contributed by atoms with Crippen molar-refractivity contribution in [3.05, 3.63) is 46.5 Å². The molecule has 0 fully saturated rings. The Morgan fingerprint density at radius 2 is 2.12 bits per heavy atom. The van der Waals surface area contributed by atoms with Crippen LogP contribution in [0.3, 0.4) is 0 Å². The molecular formula is C15H19BrO. The third-order valence-corrected chi connectivity index (χ3v) is 3.43. The van der Waals surface area contributed by atoms with Gasteiger partial charge in [0.2, 0.25) is 0 Å². The molecule has 0 aliphatic carbocycles. The highest BCUT2D eigenvalue weighted by molar-refractivity contribution is 9.10. The van der Waals surface area contributed by atoms with Gasteiger partial charge >= 0.3 is 0 Å². The molecule has 1 aromatic carbocycles. The van der Waals surface area contributed by atoms with Gasteiger partial charge in [0.1, 0.15) is 0 Å². The summed E-state index contributed by atoms with van der Waals surface area (Å²) in [5.74, 6) is 0.235. The third-order valence-electron chi connectivity index (χ3n) is 2.73. The molecule has 1 aromatic rings. The van der Waals surface area contributed by atoms with Gasteiger partial charge in [-0.05, 0) is 38.3 Å². The predicted octanol–water partition coefficient (Wildman–Crippen LogP) is 5.08. The largest absolute Gasteiger partial charge is 0.294 e. The zero-order valence-electron chi connectivity index (χ0n) is 10.3. The summed E-state index contributed by atoms with van der Waals surface area (Å²) < 4.78 is 0.902. The molecule has 0 aliphatic rings. The number of benzene rings is 1. The minimum absolute atomic E-state index is 0.235. The summed E-state index contributed by atoms with van der Waals surface area (Å²) in [5, 5.41) is 0. The summed E-state index contributed by atoms with van der Waals surface area (Å²) in [6.07, 6.45) is 6.81. The molecule has 0 N–H and O–H groups in total. The van der Waals surface area contributed by atoms with E-state index in [1.807, 2.05) is 31.2 Å². The fourth-order valence-electron chi connectivity index (χ4n) is 1.74. The quantitative estimate of drug-likeness (QED) is 0.389. The fourth-order valence-corrected chi connectivity index (χ4v) is 2.21. The Kier molecular flexibility index (Phi) is 6.20. The van der Waals surface area contributed by atoms with Crippen molar-refractivity contribution in [3.63, 3.8) is 0 Å². The maximum absolute atomic E-state index is 12.0. The van der Waals surface area contributed by atoms with Gasteiger partial charge in [0.25, 0.3) is 0 Å². The molecular weight excluding hydrogens is 276 g/mol. The van der Waals surface area contributed by atoms with Crippen LogP contribution in [-0.4, -0.2) is 5.78 Å². The number of carbonyl (C=O) groups is 1. The summed E-state index contributed by atoms with van der Waals surface area (Å²) >= 11 is 3.43. The lowest BCUT2D eigenvalue weighted by Gasteiger charge is -2.05. The van der Waals surface area contributed by atoms with Gasteiger partial charge in [-0.3, -0.25) is 4.79 Å². The second kappa shape index (κ2) is 7.44. The molecule has 1 nitrogen and oxygen atoms in total. The first-order valence-corrected chi connectivity index (χ1v) is 6.84. The SMILES string of the molecule is C=CCCCCCC(=O)c1cc(C)ccc1Br. The first-order chi connectivity index (χ1) is 8.15. The van der Waals surface area contributed by atoms with Crippen molar-refractivity contribution >= 4 is 21.7 Å². The molecule has 0 aromatic heterocycles. The predicted molar refractivity (Wildman–Crippen MR) is 76.5 cm³/mol. The van der Waals surface area contributed by atoms with E-state index in [0.29, 0.717) is 6.42 Å². The lowest BCUT2D eigenvalue weighted by Crippen LogP contribution is -2.00. The highest BCUT2D eigenvalue weighted by Gasteiger charge is 2.09. The van der Waals surface area contributed by atoms with E-state index < -0.39 is 0 Å². The highest BCUT2D eigenvalue weighted by Crippen LogP contribution is 2.20. The summed E-state index contributed by atoms with van der Waals surface area (Å²) in [7, 11) is 0. The van der Waals surface area contributed by atoms with Gasteiger partial charge in [-0.1, -0.05) is 40.1 Å². The van der Waals surface area contributed by atoms with Crippen molar-refractivity contribution in [1.82, 2.24) is 0 Å². The number of allylic oxidation sites excluding steroid dienone is 1. The smallest absolute Gasteiger partial charge is 0.164 e. The Morgan fingerprint density at radius 1 is 1.35 bits per heavy atom. The second-order valence-corrected chi connectivity index (χ2v) is 5.15. The number of carbonyl (C=O) groups excluding carboxylic acids is 1. The minimum Gasteiger partial charge on any atom is -0.294 e. The Hall–Kier alpha value is -0.890. The van der Waals surface area contributed by atoms with Crippen LogP contribution in [0.4, 0.5) is 0 Å². The van der Waals surface area contributed by atoms with Gasteiger partial charge in [0, 0.05) is 16.5 Å². The Labute approximate surface area is 112 Å². The van der Waals surface area contributed by atoms with Crippen molar-refractivity contribution in [2.75, 3.05) is 0 Å². The first kappa shape index (κ1) is 14.2. The average molecular weight is 295 g/mol.